The highest BCUT2D eigenvalue weighted by molar-refractivity contribution is 6.99. The van der Waals surface area contributed by atoms with Crippen LogP contribution in [0.15, 0.2) is 115 Å². The molecule has 7 rings (SSSR count). The number of benzene rings is 4. The number of aromatic nitrogens is 3. The van der Waals surface area contributed by atoms with Crippen LogP contribution < -0.4 is 20.0 Å². The van der Waals surface area contributed by atoms with Crippen LogP contribution >= 0.6 is 0 Å². The van der Waals surface area contributed by atoms with Crippen LogP contribution in [0.1, 0.15) is 122 Å². The number of hydrogen-bond donors (Lipinski definition) is 1. The van der Waals surface area contributed by atoms with Crippen molar-refractivity contribution in [2.24, 2.45) is 0 Å². The third-order valence-corrected chi connectivity index (χ3v) is 18.3. The summed E-state index contributed by atoms with van der Waals surface area (Å²) in [6, 6.07) is 35.3. The lowest BCUT2D eigenvalue weighted by Gasteiger charge is -2.44. The Bertz CT molecular complexity index is 2670. The van der Waals surface area contributed by atoms with Gasteiger partial charge in [-0.3, -0.25) is 0 Å². The van der Waals surface area contributed by atoms with E-state index in [1.807, 2.05) is 51.1 Å². The Morgan fingerprint density at radius 3 is 2.09 bits per heavy atom. The highest BCUT2D eigenvalue weighted by Crippen LogP contribution is 2.40. The highest BCUT2D eigenvalue weighted by Gasteiger charge is 2.51. The minimum Gasteiger partial charge on any atom is -0.489 e. The second-order valence-electron chi connectivity index (χ2n) is 20.8. The van der Waals surface area contributed by atoms with Crippen molar-refractivity contribution in [2.75, 3.05) is 24.6 Å². The zero-order chi connectivity index (χ0) is 50.3. The van der Waals surface area contributed by atoms with Gasteiger partial charge in [0.25, 0.3) is 8.32 Å². The lowest BCUT2D eigenvalue weighted by atomic mass is 9.92. The van der Waals surface area contributed by atoms with E-state index in [0.717, 1.165) is 30.9 Å². The normalized spacial score (nSPS) is 15.4. The van der Waals surface area contributed by atoms with E-state index < -0.39 is 43.2 Å². The summed E-state index contributed by atoms with van der Waals surface area (Å²) in [4.78, 5) is 20.0. The number of carboxylic acid groups (broad SMARTS) is 1. The van der Waals surface area contributed by atoms with Gasteiger partial charge in [-0.05, 0) is 119 Å². The number of rotatable bonds is 20. The van der Waals surface area contributed by atoms with Crippen LogP contribution in [-0.2, 0) is 31.7 Å². The lowest BCUT2D eigenvalue weighted by molar-refractivity contribution is -0.160. The van der Waals surface area contributed by atoms with Crippen molar-refractivity contribution in [2.45, 2.75) is 136 Å². The van der Waals surface area contributed by atoms with E-state index in [4.69, 9.17) is 28.7 Å². The molecule has 70 heavy (non-hydrogen) atoms. The molecule has 3 heterocycles. The molecule has 1 fully saturated rings. The van der Waals surface area contributed by atoms with Crippen LogP contribution in [0.25, 0.3) is 11.7 Å². The number of piperidine rings is 1. The van der Waals surface area contributed by atoms with Crippen molar-refractivity contribution in [1.82, 2.24) is 14.6 Å². The number of fused-ring (bicyclic) bond motifs is 1. The molecular weight excluding hydrogens is 903 g/mol. The van der Waals surface area contributed by atoms with Gasteiger partial charge in [0.05, 0.1) is 22.5 Å². The zero-order valence-corrected chi connectivity index (χ0v) is 43.3. The molecule has 1 aliphatic heterocycles. The third kappa shape index (κ3) is 12.2. The minimum atomic E-state index is -2.66. The Hall–Kier alpha value is -5.73. The number of hydrogen-bond acceptors (Lipinski definition) is 8. The van der Waals surface area contributed by atoms with Gasteiger partial charge < -0.3 is 28.6 Å². The van der Waals surface area contributed by atoms with E-state index in [1.165, 1.54) is 16.4 Å². The summed E-state index contributed by atoms with van der Waals surface area (Å²) in [7, 11) is -2.66. The van der Waals surface area contributed by atoms with E-state index >= 15 is 4.39 Å². The Morgan fingerprint density at radius 1 is 0.886 bits per heavy atom. The summed E-state index contributed by atoms with van der Waals surface area (Å²) in [6.07, 6.45) is 6.34. The van der Waals surface area contributed by atoms with Crippen LogP contribution in [0.5, 0.6) is 5.75 Å². The number of carboxylic acids is 1. The predicted octanol–water partition coefficient (Wildman–Crippen LogP) is 11.6. The molecule has 0 aliphatic carbocycles. The standard InChI is InChI=1S/C57H70F2N4O6Si/c1-40(69-70(56(6,7)8,44-26-15-11-16-27-44)45-28-17-12-18-29-45)22-19-20-37-67-57(9)33-35-62(36-34-57)53-50(52(54(64)65)68-55(3,4)5)41(2)60-49-38-43(61-63(49)53)25-21-30-46-48(32-31-47(58)51(46)59)66-39-42-23-13-10-14-24-42/h10-18,21,23-29,31-32,38,40,52H,19-20,22,30,33-37,39H2,1-9H3,(H,64,65)/t40-,52?/m1/s1. The fourth-order valence-corrected chi connectivity index (χ4v) is 14.3. The molecule has 6 aromatic rings. The van der Waals surface area contributed by atoms with E-state index in [-0.39, 0.29) is 35.5 Å². The summed E-state index contributed by atoms with van der Waals surface area (Å²) >= 11 is 0. The van der Waals surface area contributed by atoms with Gasteiger partial charge in [0.15, 0.2) is 23.4 Å². The molecule has 10 nitrogen and oxygen atoms in total. The summed E-state index contributed by atoms with van der Waals surface area (Å²) in [6.45, 7) is 20.5. The SMILES string of the molecule is Cc1nc2cc(C=CCc3c(OCc4ccccc4)ccc(F)c3F)nn2c(N2CCC(C)(OCCCC[C@@H](C)O[Si](c3ccccc3)(c3ccccc3)C(C)(C)C)CC2)c1C(OC(C)(C)C)C(=O)O. The number of aryl methyl sites for hydroxylation is 1. The molecule has 4 aromatic carbocycles. The monoisotopic (exact) mass is 973 g/mol. The zero-order valence-electron chi connectivity index (χ0n) is 42.3. The number of aliphatic carboxylic acids is 1. The topological polar surface area (TPSA) is 108 Å². The lowest BCUT2D eigenvalue weighted by Crippen LogP contribution is -2.67. The number of unbranched alkanes of at least 4 members (excludes halogenated alkanes) is 1. The summed E-state index contributed by atoms with van der Waals surface area (Å²) < 4.78 is 57.7. The fourth-order valence-electron chi connectivity index (χ4n) is 9.58. The van der Waals surface area contributed by atoms with E-state index in [9.17, 15) is 14.3 Å². The van der Waals surface area contributed by atoms with Crippen LogP contribution in [-0.4, -0.2) is 71.0 Å². The Kier molecular flexibility index (Phi) is 16.5. The maximum atomic E-state index is 15.3. The number of carbonyl (C=O) groups is 1. The Labute approximate surface area is 413 Å². The summed E-state index contributed by atoms with van der Waals surface area (Å²) in [5.74, 6) is -2.23. The Balaban J connectivity index is 1.05. The first-order valence-corrected chi connectivity index (χ1v) is 26.5. The number of allylic oxidation sites excluding steroid dienone is 1. The first-order chi connectivity index (χ1) is 33.3. The van der Waals surface area contributed by atoms with Gasteiger partial charge in [0, 0.05) is 43.1 Å². The van der Waals surface area contributed by atoms with Gasteiger partial charge in [-0.15, -0.1) is 0 Å². The smallest absolute Gasteiger partial charge is 0.337 e. The van der Waals surface area contributed by atoms with Crippen LogP contribution in [0.2, 0.25) is 5.04 Å². The first kappa shape index (κ1) is 52.1. The second kappa shape index (κ2) is 22.1. The molecule has 1 N–H and O–H groups in total. The molecule has 0 amide bonds. The van der Waals surface area contributed by atoms with Crippen LogP contribution in [0.3, 0.4) is 0 Å². The van der Waals surface area contributed by atoms with Crippen molar-refractivity contribution in [3.63, 3.8) is 0 Å². The van der Waals surface area contributed by atoms with Gasteiger partial charge in [-0.25, -0.2) is 18.6 Å². The number of halogens is 2. The number of nitrogens with zero attached hydrogens (tertiary/aromatic N) is 4. The summed E-state index contributed by atoms with van der Waals surface area (Å²) in [5.41, 5.74) is 1.77. The maximum absolute atomic E-state index is 15.3. The van der Waals surface area contributed by atoms with E-state index in [1.54, 1.807) is 29.7 Å². The van der Waals surface area contributed by atoms with Crippen molar-refractivity contribution in [3.8, 4) is 5.75 Å². The largest absolute Gasteiger partial charge is 0.489 e. The molecule has 0 spiro atoms. The molecule has 2 aromatic heterocycles. The molecule has 1 saturated heterocycles. The second-order valence-corrected chi connectivity index (χ2v) is 25.1. The molecule has 372 valence electrons. The minimum absolute atomic E-state index is 0.0339. The highest BCUT2D eigenvalue weighted by atomic mass is 28.4. The van der Waals surface area contributed by atoms with Crippen molar-refractivity contribution >= 4 is 42.2 Å². The van der Waals surface area contributed by atoms with E-state index in [2.05, 4.69) is 100 Å². The van der Waals surface area contributed by atoms with Gasteiger partial charge in [0.1, 0.15) is 18.2 Å². The van der Waals surface area contributed by atoms with Crippen molar-refractivity contribution in [1.29, 1.82) is 0 Å². The first-order valence-electron chi connectivity index (χ1n) is 24.6. The van der Waals surface area contributed by atoms with Crippen LogP contribution in [0.4, 0.5) is 14.6 Å². The molecule has 0 bridgehead atoms. The van der Waals surface area contributed by atoms with Gasteiger partial charge in [-0.2, -0.15) is 9.61 Å². The average Bonchev–Trinajstić information content (AvgIpc) is 3.73. The predicted molar refractivity (Wildman–Crippen MR) is 277 cm³/mol. The molecular formula is C57H70F2N4O6Si. The van der Waals surface area contributed by atoms with Gasteiger partial charge in [0.2, 0.25) is 0 Å². The van der Waals surface area contributed by atoms with Gasteiger partial charge >= 0.3 is 5.97 Å². The molecule has 0 radical (unpaired) electrons. The molecule has 1 aliphatic rings. The molecule has 2 atom stereocenters. The summed E-state index contributed by atoms with van der Waals surface area (Å²) in [5, 5.41) is 18.0. The molecule has 0 saturated carbocycles. The van der Waals surface area contributed by atoms with Gasteiger partial charge in [-0.1, -0.05) is 118 Å². The average molecular weight is 973 g/mol. The molecule has 13 heteroatoms. The van der Waals surface area contributed by atoms with Crippen molar-refractivity contribution in [3.05, 3.63) is 155 Å². The van der Waals surface area contributed by atoms with Crippen molar-refractivity contribution < 1.29 is 37.3 Å². The number of ether oxygens (including phenoxy) is 3. The van der Waals surface area contributed by atoms with E-state index in [0.29, 0.717) is 61.0 Å². The van der Waals surface area contributed by atoms with Crippen LogP contribution in [0, 0.1) is 18.6 Å². The fraction of sp³-hybridized carbons (Fsp3) is 0.421. The molecule has 1 unspecified atom stereocenters. The Morgan fingerprint density at radius 2 is 1.50 bits per heavy atom. The number of anilines is 1. The quantitative estimate of drug-likeness (QED) is 0.0591. The maximum Gasteiger partial charge on any atom is 0.337 e. The third-order valence-electron chi connectivity index (χ3n) is 13.2.